The molecule has 0 bridgehead atoms. The van der Waals surface area contributed by atoms with Crippen LogP contribution in [0.1, 0.15) is 38.1 Å². The average molecular weight is 406 g/mol. The first kappa shape index (κ1) is 19.8. The topological polar surface area (TPSA) is 46.9 Å². The molecule has 0 atom stereocenters. The number of para-hydroxylation sites is 1. The molecule has 2 aromatic carbocycles. The van der Waals surface area contributed by atoms with Gasteiger partial charge in [-0.05, 0) is 36.6 Å². The Morgan fingerprint density at radius 2 is 1.93 bits per heavy atom. The third kappa shape index (κ3) is 4.91. The van der Waals surface area contributed by atoms with E-state index in [1.54, 1.807) is 0 Å². The van der Waals surface area contributed by atoms with Gasteiger partial charge in [0, 0.05) is 34.9 Å². The molecule has 4 rings (SSSR count). The van der Waals surface area contributed by atoms with Crippen LogP contribution in [0.5, 0.6) is 0 Å². The fourth-order valence-corrected chi connectivity index (χ4v) is 4.53. The normalized spacial score (nSPS) is 13.3. The Kier molecular flexibility index (Phi) is 6.05. The van der Waals surface area contributed by atoms with Gasteiger partial charge >= 0.3 is 0 Å². The fourth-order valence-electron chi connectivity index (χ4n) is 3.70. The number of carbonyl (C=O) groups excluding carboxylic acids is 1. The van der Waals surface area contributed by atoms with Crippen LogP contribution in [0.4, 0.5) is 5.69 Å². The molecule has 29 heavy (non-hydrogen) atoms. The molecule has 1 aromatic heterocycles. The van der Waals surface area contributed by atoms with Crippen molar-refractivity contribution in [3.8, 4) is 11.3 Å². The second-order valence-corrected chi connectivity index (χ2v) is 9.42. The van der Waals surface area contributed by atoms with E-state index >= 15 is 0 Å². The number of carbonyl (C=O) groups is 1. The highest BCUT2D eigenvalue weighted by molar-refractivity contribution is 7.99. The number of fused-ring (bicyclic) bond motifs is 1. The second-order valence-electron chi connectivity index (χ2n) is 7.77. The van der Waals surface area contributed by atoms with Crippen LogP contribution in [-0.2, 0) is 24.2 Å². The Bertz CT molecular complexity index is 968. The summed E-state index contributed by atoms with van der Waals surface area (Å²) >= 11 is 1.83. The van der Waals surface area contributed by atoms with E-state index in [2.05, 4.69) is 42.1 Å². The van der Waals surface area contributed by atoms with Crippen LogP contribution in [0.15, 0.2) is 59.6 Å². The van der Waals surface area contributed by atoms with Gasteiger partial charge in [-0.3, -0.25) is 4.79 Å². The van der Waals surface area contributed by atoms with Gasteiger partial charge in [0.25, 0.3) is 0 Å². The van der Waals surface area contributed by atoms with Gasteiger partial charge < -0.3 is 9.88 Å². The minimum atomic E-state index is -0.00862. The highest BCUT2D eigenvalue weighted by Gasteiger charge is 2.16. The SMILES string of the molecule is CC(C)Sc1ccc(CC(=O)Nc2ccccc2-c2cn3c(n2)CCCC3)cc1. The Morgan fingerprint density at radius 1 is 1.14 bits per heavy atom. The van der Waals surface area contributed by atoms with Crippen molar-refractivity contribution in [1.82, 2.24) is 9.55 Å². The lowest BCUT2D eigenvalue weighted by atomic mass is 10.1. The smallest absolute Gasteiger partial charge is 0.228 e. The first-order valence-electron chi connectivity index (χ1n) is 10.3. The van der Waals surface area contributed by atoms with Crippen molar-refractivity contribution in [3.05, 3.63) is 66.1 Å². The number of rotatable bonds is 6. The molecule has 1 aliphatic rings. The molecule has 3 aromatic rings. The molecule has 150 valence electrons. The number of thioether (sulfide) groups is 1. The quantitative estimate of drug-likeness (QED) is 0.546. The van der Waals surface area contributed by atoms with Gasteiger partial charge in [0.2, 0.25) is 5.91 Å². The summed E-state index contributed by atoms with van der Waals surface area (Å²) in [6, 6.07) is 16.2. The summed E-state index contributed by atoms with van der Waals surface area (Å²) in [7, 11) is 0. The molecule has 5 heteroatoms. The Balaban J connectivity index is 1.47. The fraction of sp³-hybridized carbons (Fsp3) is 0.333. The van der Waals surface area contributed by atoms with Gasteiger partial charge in [0.1, 0.15) is 5.82 Å². The van der Waals surface area contributed by atoms with Crippen molar-refractivity contribution in [3.63, 3.8) is 0 Å². The number of amides is 1. The van der Waals surface area contributed by atoms with Crippen molar-refractivity contribution >= 4 is 23.4 Å². The molecule has 1 aliphatic heterocycles. The molecular formula is C24H27N3OS. The Labute approximate surface area is 176 Å². The predicted octanol–water partition coefficient (Wildman–Crippen LogP) is 5.57. The number of nitrogens with zero attached hydrogens (tertiary/aromatic N) is 2. The summed E-state index contributed by atoms with van der Waals surface area (Å²) in [6.07, 6.45) is 5.91. The van der Waals surface area contributed by atoms with Gasteiger partial charge in [-0.1, -0.05) is 44.2 Å². The summed E-state index contributed by atoms with van der Waals surface area (Å²) in [5.41, 5.74) is 3.75. The highest BCUT2D eigenvalue weighted by Crippen LogP contribution is 2.29. The average Bonchev–Trinajstić information content (AvgIpc) is 3.13. The van der Waals surface area contributed by atoms with Crippen LogP contribution in [0.3, 0.4) is 0 Å². The van der Waals surface area contributed by atoms with Gasteiger partial charge in [-0.15, -0.1) is 11.8 Å². The lowest BCUT2D eigenvalue weighted by Gasteiger charge is -2.11. The molecule has 0 saturated heterocycles. The molecule has 0 aliphatic carbocycles. The molecule has 0 unspecified atom stereocenters. The predicted molar refractivity (Wildman–Crippen MR) is 120 cm³/mol. The lowest BCUT2D eigenvalue weighted by molar-refractivity contribution is -0.115. The number of hydrogen-bond donors (Lipinski definition) is 1. The number of hydrogen-bond acceptors (Lipinski definition) is 3. The molecule has 4 nitrogen and oxygen atoms in total. The van der Waals surface area contributed by atoms with Crippen LogP contribution in [-0.4, -0.2) is 20.7 Å². The number of aromatic nitrogens is 2. The maximum Gasteiger partial charge on any atom is 0.228 e. The van der Waals surface area contributed by atoms with Crippen LogP contribution in [0, 0.1) is 0 Å². The number of nitrogens with one attached hydrogen (secondary N) is 1. The van der Waals surface area contributed by atoms with E-state index in [9.17, 15) is 4.79 Å². The standard InChI is InChI=1S/C24H27N3OS/c1-17(2)29-19-12-10-18(11-13-19)15-24(28)26-21-8-4-3-7-20(21)22-16-27-14-6-5-9-23(27)25-22/h3-4,7-8,10-13,16-17H,5-6,9,14-15H2,1-2H3,(H,26,28). The van der Waals surface area contributed by atoms with Crippen molar-refractivity contribution in [2.75, 3.05) is 5.32 Å². The van der Waals surface area contributed by atoms with E-state index in [1.807, 2.05) is 48.2 Å². The number of anilines is 1. The number of imidazole rings is 1. The first-order chi connectivity index (χ1) is 14.1. The molecule has 0 saturated carbocycles. The van der Waals surface area contributed by atoms with Crippen LogP contribution < -0.4 is 5.32 Å². The Hall–Kier alpha value is -2.53. The van der Waals surface area contributed by atoms with Crippen LogP contribution >= 0.6 is 11.8 Å². The van der Waals surface area contributed by atoms with Crippen molar-refractivity contribution < 1.29 is 4.79 Å². The van der Waals surface area contributed by atoms with Crippen molar-refractivity contribution in [2.24, 2.45) is 0 Å². The molecular weight excluding hydrogens is 378 g/mol. The minimum Gasteiger partial charge on any atom is -0.334 e. The molecule has 2 heterocycles. The summed E-state index contributed by atoms with van der Waals surface area (Å²) in [5, 5.41) is 3.64. The maximum absolute atomic E-state index is 12.7. The summed E-state index contributed by atoms with van der Waals surface area (Å²) in [6.45, 7) is 5.39. The van der Waals surface area contributed by atoms with Crippen LogP contribution in [0.25, 0.3) is 11.3 Å². The second kappa shape index (κ2) is 8.87. The zero-order chi connectivity index (χ0) is 20.2. The van der Waals surface area contributed by atoms with Gasteiger partial charge in [-0.25, -0.2) is 4.98 Å². The van der Waals surface area contributed by atoms with E-state index in [0.29, 0.717) is 11.7 Å². The maximum atomic E-state index is 12.7. The van der Waals surface area contributed by atoms with Crippen molar-refractivity contribution in [2.45, 2.75) is 56.2 Å². The number of aryl methyl sites for hydroxylation is 2. The summed E-state index contributed by atoms with van der Waals surface area (Å²) < 4.78 is 2.24. The molecule has 0 fully saturated rings. The van der Waals surface area contributed by atoms with E-state index in [-0.39, 0.29) is 5.91 Å². The summed E-state index contributed by atoms with van der Waals surface area (Å²) in [4.78, 5) is 18.7. The minimum absolute atomic E-state index is 0.00862. The highest BCUT2D eigenvalue weighted by atomic mass is 32.2. The summed E-state index contributed by atoms with van der Waals surface area (Å²) in [5.74, 6) is 1.14. The molecule has 1 amide bonds. The third-order valence-corrected chi connectivity index (χ3v) is 6.06. The van der Waals surface area contributed by atoms with E-state index in [1.165, 1.54) is 17.7 Å². The zero-order valence-electron chi connectivity index (χ0n) is 17.0. The van der Waals surface area contributed by atoms with Gasteiger partial charge in [0.15, 0.2) is 0 Å². The monoisotopic (exact) mass is 405 g/mol. The Morgan fingerprint density at radius 3 is 2.69 bits per heavy atom. The van der Waals surface area contributed by atoms with E-state index in [4.69, 9.17) is 4.98 Å². The molecule has 1 N–H and O–H groups in total. The van der Waals surface area contributed by atoms with Crippen molar-refractivity contribution in [1.29, 1.82) is 0 Å². The molecule has 0 radical (unpaired) electrons. The van der Waals surface area contributed by atoms with Gasteiger partial charge in [0.05, 0.1) is 17.8 Å². The largest absolute Gasteiger partial charge is 0.334 e. The third-order valence-electron chi connectivity index (χ3n) is 5.05. The number of benzene rings is 2. The van der Waals surface area contributed by atoms with Crippen LogP contribution in [0.2, 0.25) is 0 Å². The van der Waals surface area contributed by atoms with E-state index < -0.39 is 0 Å². The first-order valence-corrected chi connectivity index (χ1v) is 11.2. The molecule has 0 spiro atoms. The zero-order valence-corrected chi connectivity index (χ0v) is 17.8. The lowest BCUT2D eigenvalue weighted by Crippen LogP contribution is -2.15. The van der Waals surface area contributed by atoms with Gasteiger partial charge in [-0.2, -0.15) is 0 Å². The van der Waals surface area contributed by atoms with E-state index in [0.717, 1.165) is 41.3 Å².